The van der Waals surface area contributed by atoms with Crippen LogP contribution in [-0.2, 0) is 0 Å². The Morgan fingerprint density at radius 1 is 1.67 bits per heavy atom. The molecule has 0 bridgehead atoms. The maximum Gasteiger partial charge on any atom is 0.254 e. The molecular formula is C11H11BrFNO. The summed E-state index contributed by atoms with van der Waals surface area (Å²) in [4.78, 5) is 11.5. The van der Waals surface area contributed by atoms with Gasteiger partial charge in [0.1, 0.15) is 5.82 Å². The molecule has 0 heterocycles. The Morgan fingerprint density at radius 2 is 2.33 bits per heavy atom. The first-order valence-electron chi connectivity index (χ1n) is 4.43. The highest BCUT2D eigenvalue weighted by molar-refractivity contribution is 9.10. The van der Waals surface area contributed by atoms with Crippen LogP contribution in [0.5, 0.6) is 0 Å². The number of halogens is 2. The number of rotatable bonds is 3. The van der Waals surface area contributed by atoms with Gasteiger partial charge in [-0.1, -0.05) is 22.0 Å². The minimum atomic E-state index is -0.543. The molecule has 1 rings (SSSR count). The van der Waals surface area contributed by atoms with Gasteiger partial charge in [0.15, 0.2) is 0 Å². The quantitative estimate of drug-likeness (QED) is 0.842. The Morgan fingerprint density at radius 3 is 2.87 bits per heavy atom. The number of hydrogen-bond acceptors (Lipinski definition) is 1. The summed E-state index contributed by atoms with van der Waals surface area (Å²) >= 11 is 3.12. The molecule has 4 heteroatoms. The van der Waals surface area contributed by atoms with Crippen molar-refractivity contribution < 1.29 is 9.18 Å². The zero-order chi connectivity index (χ0) is 11.4. The number of hydrogen-bond donors (Lipinski definition) is 1. The summed E-state index contributed by atoms with van der Waals surface area (Å²) in [7, 11) is 0. The van der Waals surface area contributed by atoms with Gasteiger partial charge in [-0.2, -0.15) is 0 Å². The Bertz CT molecular complexity index is 392. The van der Waals surface area contributed by atoms with Crippen molar-refractivity contribution in [3.05, 3.63) is 46.7 Å². The van der Waals surface area contributed by atoms with Crippen molar-refractivity contribution in [3.63, 3.8) is 0 Å². The molecule has 1 atom stereocenters. The molecule has 1 unspecified atom stereocenters. The Labute approximate surface area is 96.3 Å². The fourth-order valence-corrected chi connectivity index (χ4v) is 1.35. The summed E-state index contributed by atoms with van der Waals surface area (Å²) < 4.78 is 13.9. The molecule has 1 amide bonds. The van der Waals surface area contributed by atoms with E-state index in [9.17, 15) is 9.18 Å². The Kier molecular flexibility index (Phi) is 4.03. The second-order valence-electron chi connectivity index (χ2n) is 3.12. The Hall–Kier alpha value is -1.16. The van der Waals surface area contributed by atoms with Crippen molar-refractivity contribution in [3.8, 4) is 0 Å². The molecule has 0 fully saturated rings. The third-order valence-electron chi connectivity index (χ3n) is 1.89. The third kappa shape index (κ3) is 3.16. The van der Waals surface area contributed by atoms with Crippen LogP contribution in [0.25, 0.3) is 0 Å². The second-order valence-corrected chi connectivity index (χ2v) is 4.04. The van der Waals surface area contributed by atoms with E-state index in [0.717, 1.165) is 0 Å². The van der Waals surface area contributed by atoms with Crippen molar-refractivity contribution in [1.82, 2.24) is 5.32 Å². The smallest absolute Gasteiger partial charge is 0.254 e. The number of nitrogens with one attached hydrogen (secondary N) is 1. The van der Waals surface area contributed by atoms with E-state index in [1.54, 1.807) is 19.1 Å². The van der Waals surface area contributed by atoms with Gasteiger partial charge in [-0.05, 0) is 25.1 Å². The van der Waals surface area contributed by atoms with E-state index in [0.29, 0.717) is 4.47 Å². The summed E-state index contributed by atoms with van der Waals surface area (Å²) in [6.45, 7) is 5.29. The number of carbonyl (C=O) groups excluding carboxylic acids is 1. The van der Waals surface area contributed by atoms with Crippen LogP contribution in [0.2, 0.25) is 0 Å². The van der Waals surface area contributed by atoms with Crippen LogP contribution in [0.4, 0.5) is 4.39 Å². The van der Waals surface area contributed by atoms with Crippen LogP contribution >= 0.6 is 15.9 Å². The van der Waals surface area contributed by atoms with Crippen LogP contribution in [0.3, 0.4) is 0 Å². The van der Waals surface area contributed by atoms with Gasteiger partial charge in [-0.3, -0.25) is 4.79 Å². The van der Waals surface area contributed by atoms with Gasteiger partial charge in [0.25, 0.3) is 5.91 Å². The highest BCUT2D eigenvalue weighted by Gasteiger charge is 2.12. The highest BCUT2D eigenvalue weighted by atomic mass is 79.9. The molecule has 80 valence electrons. The molecule has 0 spiro atoms. The van der Waals surface area contributed by atoms with Gasteiger partial charge in [-0.15, -0.1) is 6.58 Å². The zero-order valence-corrected chi connectivity index (χ0v) is 9.84. The first-order chi connectivity index (χ1) is 7.04. The lowest BCUT2D eigenvalue weighted by Crippen LogP contribution is -2.31. The lowest BCUT2D eigenvalue weighted by molar-refractivity contribution is 0.0943. The van der Waals surface area contributed by atoms with E-state index in [2.05, 4.69) is 27.8 Å². The first kappa shape index (κ1) is 11.9. The normalized spacial score (nSPS) is 11.9. The Balaban J connectivity index is 2.87. The minimum absolute atomic E-state index is 0.0342. The molecule has 15 heavy (non-hydrogen) atoms. The van der Waals surface area contributed by atoms with E-state index >= 15 is 0 Å². The molecule has 0 radical (unpaired) electrons. The van der Waals surface area contributed by atoms with E-state index in [-0.39, 0.29) is 11.6 Å². The highest BCUT2D eigenvalue weighted by Crippen LogP contribution is 2.15. The molecule has 0 saturated carbocycles. The zero-order valence-electron chi connectivity index (χ0n) is 8.26. The van der Waals surface area contributed by atoms with E-state index in [1.807, 2.05) is 0 Å². The molecular weight excluding hydrogens is 261 g/mol. The number of carbonyl (C=O) groups is 1. The standard InChI is InChI=1S/C11H11BrFNO/c1-3-7(2)14-11(15)9-5-4-8(12)6-10(9)13/h3-7H,1H2,2H3,(H,14,15). The van der Waals surface area contributed by atoms with E-state index in [1.165, 1.54) is 12.1 Å². The number of amides is 1. The molecule has 2 nitrogen and oxygen atoms in total. The monoisotopic (exact) mass is 271 g/mol. The van der Waals surface area contributed by atoms with E-state index in [4.69, 9.17) is 0 Å². The molecule has 0 aliphatic carbocycles. The summed E-state index contributed by atoms with van der Waals surface area (Å²) in [5.41, 5.74) is 0.0342. The van der Waals surface area contributed by atoms with Crippen LogP contribution in [0, 0.1) is 5.82 Å². The summed E-state index contributed by atoms with van der Waals surface area (Å²) in [6.07, 6.45) is 1.58. The minimum Gasteiger partial charge on any atom is -0.346 e. The van der Waals surface area contributed by atoms with Crippen molar-refractivity contribution in [1.29, 1.82) is 0 Å². The van der Waals surface area contributed by atoms with Crippen molar-refractivity contribution >= 4 is 21.8 Å². The fourth-order valence-electron chi connectivity index (χ4n) is 1.02. The van der Waals surface area contributed by atoms with Gasteiger partial charge in [-0.25, -0.2) is 4.39 Å². The van der Waals surface area contributed by atoms with Gasteiger partial charge in [0.05, 0.1) is 5.56 Å². The largest absolute Gasteiger partial charge is 0.346 e. The topological polar surface area (TPSA) is 29.1 Å². The molecule has 0 aliphatic heterocycles. The molecule has 1 N–H and O–H groups in total. The molecule has 0 aromatic heterocycles. The predicted octanol–water partition coefficient (Wildman–Crippen LogP) is 2.89. The van der Waals surface area contributed by atoms with Crippen molar-refractivity contribution in [2.75, 3.05) is 0 Å². The number of benzene rings is 1. The third-order valence-corrected chi connectivity index (χ3v) is 2.38. The fraction of sp³-hybridized carbons (Fsp3) is 0.182. The predicted molar refractivity (Wildman–Crippen MR) is 61.2 cm³/mol. The molecule has 0 aliphatic rings. The maximum absolute atomic E-state index is 13.3. The van der Waals surface area contributed by atoms with Gasteiger partial charge in [0, 0.05) is 10.5 Å². The molecule has 0 saturated heterocycles. The van der Waals surface area contributed by atoms with Gasteiger partial charge in [0.2, 0.25) is 0 Å². The van der Waals surface area contributed by atoms with E-state index < -0.39 is 11.7 Å². The summed E-state index contributed by atoms with van der Waals surface area (Å²) in [5.74, 6) is -0.981. The molecule has 1 aromatic rings. The van der Waals surface area contributed by atoms with Crippen LogP contribution in [0.1, 0.15) is 17.3 Å². The lowest BCUT2D eigenvalue weighted by atomic mass is 10.2. The van der Waals surface area contributed by atoms with Gasteiger partial charge >= 0.3 is 0 Å². The van der Waals surface area contributed by atoms with Crippen molar-refractivity contribution in [2.24, 2.45) is 0 Å². The maximum atomic E-state index is 13.3. The average Bonchev–Trinajstić information content (AvgIpc) is 2.17. The molecule has 1 aromatic carbocycles. The van der Waals surface area contributed by atoms with Crippen LogP contribution in [-0.4, -0.2) is 11.9 Å². The lowest BCUT2D eigenvalue weighted by Gasteiger charge is -2.09. The SMILES string of the molecule is C=CC(C)NC(=O)c1ccc(Br)cc1F. The first-order valence-corrected chi connectivity index (χ1v) is 5.22. The summed E-state index contributed by atoms with van der Waals surface area (Å²) in [5, 5.41) is 2.59. The van der Waals surface area contributed by atoms with Crippen LogP contribution in [0.15, 0.2) is 35.3 Å². The summed E-state index contributed by atoms with van der Waals surface area (Å²) in [6, 6.07) is 4.13. The van der Waals surface area contributed by atoms with Crippen molar-refractivity contribution in [2.45, 2.75) is 13.0 Å². The van der Waals surface area contributed by atoms with Gasteiger partial charge < -0.3 is 5.32 Å². The average molecular weight is 272 g/mol. The second kappa shape index (κ2) is 5.07. The van der Waals surface area contributed by atoms with Crippen LogP contribution < -0.4 is 5.32 Å².